The highest BCUT2D eigenvalue weighted by atomic mass is 16.5. The summed E-state index contributed by atoms with van der Waals surface area (Å²) >= 11 is 0. The first-order valence-corrected chi connectivity index (χ1v) is 7.39. The Morgan fingerprint density at radius 2 is 2.04 bits per heavy atom. The van der Waals surface area contributed by atoms with Crippen molar-refractivity contribution in [2.75, 3.05) is 20.0 Å². The lowest BCUT2D eigenvalue weighted by Crippen LogP contribution is -2.03. The Morgan fingerprint density at radius 3 is 2.75 bits per heavy atom. The number of nitrogens with two attached hydrogens (primary N) is 1. The molecule has 3 rings (SSSR count). The molecule has 124 valence electrons. The lowest BCUT2D eigenvalue weighted by atomic mass is 10.0. The first-order valence-electron chi connectivity index (χ1n) is 8.89. The molecule has 0 aliphatic heterocycles. The first-order chi connectivity index (χ1) is 12.7. The summed E-state index contributed by atoms with van der Waals surface area (Å²) < 4.78 is 34.7. The average molecular weight is 327 g/mol. The predicted molar refractivity (Wildman–Crippen MR) is 94.5 cm³/mol. The van der Waals surface area contributed by atoms with E-state index in [2.05, 4.69) is 0 Å². The molecule has 3 aromatic rings. The molecule has 0 amide bonds. The van der Waals surface area contributed by atoms with E-state index in [0.717, 1.165) is 16.5 Å². The van der Waals surface area contributed by atoms with Gasteiger partial charge in [-0.25, -0.2) is 4.79 Å². The molecule has 0 atom stereocenters. The van der Waals surface area contributed by atoms with Crippen LogP contribution in [0.1, 0.15) is 25.6 Å². The summed E-state index contributed by atoms with van der Waals surface area (Å²) in [5, 5.41) is 0.769. The lowest BCUT2D eigenvalue weighted by molar-refractivity contribution is 0.0600. The van der Waals surface area contributed by atoms with Crippen LogP contribution in [0.2, 0.25) is 0 Å². The van der Waals surface area contributed by atoms with Crippen molar-refractivity contribution < 1.29 is 18.4 Å². The maximum Gasteiger partial charge on any atom is 0.337 e. The van der Waals surface area contributed by atoms with Gasteiger partial charge in [0.1, 0.15) is 5.75 Å². The van der Waals surface area contributed by atoms with Crippen LogP contribution >= 0.6 is 0 Å². The summed E-state index contributed by atoms with van der Waals surface area (Å²) in [5.74, 6) is 0.0724. The van der Waals surface area contributed by atoms with Gasteiger partial charge in [0.15, 0.2) is 0 Å². The van der Waals surface area contributed by atoms with Crippen LogP contribution in [-0.2, 0) is 18.1 Å². The number of rotatable bonds is 4. The molecule has 1 aromatic heterocycles. The minimum atomic E-state index is -2.30. The smallest absolute Gasteiger partial charge is 0.337 e. The molecule has 2 N–H and O–H groups in total. The Kier molecular flexibility index (Phi) is 3.26. The number of aromatic nitrogens is 1. The van der Waals surface area contributed by atoms with E-state index in [1.165, 1.54) is 18.8 Å². The number of fused-ring (bicyclic) bond motifs is 1. The number of methoxy groups -OCH3 is 2. The Bertz CT molecular complexity index is 1010. The highest BCUT2D eigenvalue weighted by Gasteiger charge is 2.13. The molecule has 5 nitrogen and oxygen atoms in total. The van der Waals surface area contributed by atoms with Crippen LogP contribution in [0.3, 0.4) is 0 Å². The largest absolute Gasteiger partial charge is 0.496 e. The SMILES string of the molecule is [2H]C([2H])([2H])n1cc(Cc2ccc(C(=O)OC)cc2OC)c2cc(N)ccc21. The molecule has 0 spiro atoms. The fraction of sp³-hybridized carbons (Fsp3) is 0.211. The molecule has 0 saturated heterocycles. The predicted octanol–water partition coefficient (Wildman–Crippen LogP) is 3.15. The van der Waals surface area contributed by atoms with Gasteiger partial charge < -0.3 is 19.8 Å². The Hall–Kier alpha value is -2.95. The number of aryl methyl sites for hydroxylation is 1. The van der Waals surface area contributed by atoms with Crippen molar-refractivity contribution in [3.05, 3.63) is 59.3 Å². The van der Waals surface area contributed by atoms with Crippen LogP contribution in [0.5, 0.6) is 5.75 Å². The second kappa shape index (κ2) is 6.28. The zero-order valence-electron chi connectivity index (χ0n) is 16.5. The third-order valence-corrected chi connectivity index (χ3v) is 4.00. The van der Waals surface area contributed by atoms with Gasteiger partial charge in [-0.05, 0) is 41.5 Å². The van der Waals surface area contributed by atoms with Crippen molar-refractivity contribution in [3.63, 3.8) is 0 Å². The Balaban J connectivity index is 2.09. The van der Waals surface area contributed by atoms with Crippen LogP contribution in [-0.4, -0.2) is 24.8 Å². The summed E-state index contributed by atoms with van der Waals surface area (Å²) in [4.78, 5) is 11.7. The molecule has 0 saturated carbocycles. The quantitative estimate of drug-likeness (QED) is 0.590. The fourth-order valence-corrected chi connectivity index (χ4v) is 2.80. The number of anilines is 1. The van der Waals surface area contributed by atoms with Crippen LogP contribution in [0.15, 0.2) is 42.6 Å². The Morgan fingerprint density at radius 1 is 1.21 bits per heavy atom. The number of nitrogens with zero attached hydrogens (tertiary/aromatic N) is 1. The zero-order chi connectivity index (χ0) is 19.8. The molecule has 5 heteroatoms. The van der Waals surface area contributed by atoms with Gasteiger partial charge in [-0.3, -0.25) is 0 Å². The van der Waals surface area contributed by atoms with E-state index in [0.29, 0.717) is 28.9 Å². The molecule has 0 unspecified atom stereocenters. The van der Waals surface area contributed by atoms with Gasteiger partial charge in [0.2, 0.25) is 0 Å². The monoisotopic (exact) mass is 327 g/mol. The second-order valence-electron chi connectivity index (χ2n) is 5.50. The molecule has 0 aliphatic carbocycles. The molecule has 0 radical (unpaired) electrons. The van der Waals surface area contributed by atoms with Crippen molar-refractivity contribution in [2.45, 2.75) is 6.42 Å². The number of ether oxygens (including phenoxy) is 2. The van der Waals surface area contributed by atoms with Crippen LogP contribution in [0.25, 0.3) is 10.9 Å². The lowest BCUT2D eigenvalue weighted by Gasteiger charge is -2.10. The molecule has 2 aromatic carbocycles. The van der Waals surface area contributed by atoms with Gasteiger partial charge in [-0.1, -0.05) is 6.07 Å². The summed E-state index contributed by atoms with van der Waals surface area (Å²) in [5.41, 5.74) is 9.05. The summed E-state index contributed by atoms with van der Waals surface area (Å²) in [6, 6.07) is 10.2. The molecule has 0 bridgehead atoms. The zero-order valence-corrected chi connectivity index (χ0v) is 13.5. The van der Waals surface area contributed by atoms with Gasteiger partial charge in [0.05, 0.1) is 19.8 Å². The number of carbonyl (C=O) groups is 1. The van der Waals surface area contributed by atoms with Crippen molar-refractivity contribution >= 4 is 22.6 Å². The van der Waals surface area contributed by atoms with E-state index in [9.17, 15) is 4.79 Å². The van der Waals surface area contributed by atoms with Crippen LogP contribution in [0.4, 0.5) is 5.69 Å². The minimum absolute atomic E-state index is 0.382. The van der Waals surface area contributed by atoms with Gasteiger partial charge in [0.25, 0.3) is 0 Å². The normalized spacial score (nSPS) is 13.2. The van der Waals surface area contributed by atoms with E-state index >= 15 is 0 Å². The number of esters is 1. The van der Waals surface area contributed by atoms with Gasteiger partial charge in [0, 0.05) is 40.3 Å². The molecule has 1 heterocycles. The summed E-state index contributed by atoms with van der Waals surface area (Å²) in [6.07, 6.45) is 2.04. The number of carbonyl (C=O) groups excluding carboxylic acids is 1. The van der Waals surface area contributed by atoms with Crippen LogP contribution < -0.4 is 10.5 Å². The number of nitrogen functional groups attached to an aromatic ring is 1. The van der Waals surface area contributed by atoms with Gasteiger partial charge in [-0.15, -0.1) is 0 Å². The van der Waals surface area contributed by atoms with E-state index in [1.54, 1.807) is 42.6 Å². The van der Waals surface area contributed by atoms with Crippen LogP contribution in [0, 0.1) is 0 Å². The maximum atomic E-state index is 11.7. The fourth-order valence-electron chi connectivity index (χ4n) is 2.80. The van der Waals surface area contributed by atoms with Crippen molar-refractivity contribution in [2.24, 2.45) is 6.98 Å². The first kappa shape index (κ1) is 12.5. The minimum Gasteiger partial charge on any atom is -0.496 e. The molecule has 0 aliphatic rings. The van der Waals surface area contributed by atoms with E-state index in [1.807, 2.05) is 0 Å². The van der Waals surface area contributed by atoms with E-state index < -0.39 is 12.9 Å². The third kappa shape index (κ3) is 2.80. The number of hydrogen-bond donors (Lipinski definition) is 1. The van der Waals surface area contributed by atoms with Crippen molar-refractivity contribution in [1.82, 2.24) is 4.57 Å². The van der Waals surface area contributed by atoms with Crippen molar-refractivity contribution in [3.8, 4) is 5.75 Å². The van der Waals surface area contributed by atoms with Crippen molar-refractivity contribution in [1.29, 1.82) is 0 Å². The third-order valence-electron chi connectivity index (χ3n) is 4.00. The van der Waals surface area contributed by atoms with Gasteiger partial charge >= 0.3 is 5.97 Å². The summed E-state index contributed by atoms with van der Waals surface area (Å²) in [7, 11) is 2.83. The van der Waals surface area contributed by atoms with Gasteiger partial charge in [-0.2, -0.15) is 0 Å². The highest BCUT2D eigenvalue weighted by molar-refractivity contribution is 5.90. The molecular weight excluding hydrogens is 304 g/mol. The topological polar surface area (TPSA) is 66.5 Å². The average Bonchev–Trinajstić information content (AvgIpc) is 2.99. The van der Waals surface area contributed by atoms with E-state index in [4.69, 9.17) is 19.3 Å². The standard InChI is InChI=1S/C19H20N2O3/c1-21-11-14(16-10-15(20)6-7-17(16)21)8-12-4-5-13(19(22)24-3)9-18(12)23-2/h4-7,9-11H,8,20H2,1-3H3/i1D3. The molecular formula is C19H20N2O3. The molecule has 0 fully saturated rings. The Labute approximate surface area is 144 Å². The van der Waals surface area contributed by atoms with E-state index in [-0.39, 0.29) is 0 Å². The number of benzene rings is 2. The summed E-state index contributed by atoms with van der Waals surface area (Å²) in [6.45, 7) is -2.30. The number of hydrogen-bond acceptors (Lipinski definition) is 4. The molecule has 24 heavy (non-hydrogen) atoms. The maximum absolute atomic E-state index is 11.7. The second-order valence-corrected chi connectivity index (χ2v) is 5.50. The highest BCUT2D eigenvalue weighted by Crippen LogP contribution is 2.29.